The average molecular weight is 305 g/mol. The molecule has 0 radical (unpaired) electrons. The van der Waals surface area contributed by atoms with Crippen molar-refractivity contribution in [1.29, 1.82) is 0 Å². The molecule has 1 amide bonds. The van der Waals surface area contributed by atoms with Gasteiger partial charge in [0.2, 0.25) is 5.91 Å². The molecule has 0 spiro atoms. The lowest BCUT2D eigenvalue weighted by atomic mass is 9.95. The average Bonchev–Trinajstić information content (AvgIpc) is 2.94. The molecule has 0 atom stereocenters. The third-order valence-electron chi connectivity index (χ3n) is 4.32. The van der Waals surface area contributed by atoms with Gasteiger partial charge in [-0.25, -0.2) is 9.97 Å². The van der Waals surface area contributed by atoms with Crippen LogP contribution in [-0.4, -0.2) is 27.7 Å². The zero-order valence-electron chi connectivity index (χ0n) is 12.7. The maximum absolute atomic E-state index is 12.1. The highest BCUT2D eigenvalue weighted by Gasteiger charge is 2.20. The van der Waals surface area contributed by atoms with Crippen LogP contribution in [0, 0.1) is 6.92 Å². The highest BCUT2D eigenvalue weighted by molar-refractivity contribution is 7.99. The van der Waals surface area contributed by atoms with Crippen LogP contribution in [0.1, 0.15) is 55.6 Å². The summed E-state index contributed by atoms with van der Waals surface area (Å²) in [5.41, 5.74) is 2.47. The Morgan fingerprint density at radius 2 is 2.00 bits per heavy atom. The summed E-state index contributed by atoms with van der Waals surface area (Å²) in [5, 5.41) is 4.19. The Labute approximate surface area is 130 Å². The molecule has 21 heavy (non-hydrogen) atoms. The van der Waals surface area contributed by atoms with Crippen LogP contribution in [0.15, 0.2) is 5.03 Å². The van der Waals surface area contributed by atoms with Gasteiger partial charge in [-0.1, -0.05) is 31.0 Å². The number of hydrogen-bond acceptors (Lipinski definition) is 4. The van der Waals surface area contributed by atoms with Gasteiger partial charge in [0, 0.05) is 17.3 Å². The lowest BCUT2D eigenvalue weighted by molar-refractivity contribution is -0.119. The van der Waals surface area contributed by atoms with Crippen LogP contribution in [0.4, 0.5) is 0 Å². The van der Waals surface area contributed by atoms with Crippen molar-refractivity contribution in [3.63, 3.8) is 0 Å². The van der Waals surface area contributed by atoms with E-state index in [2.05, 4.69) is 15.3 Å². The second kappa shape index (κ2) is 6.77. The van der Waals surface area contributed by atoms with Gasteiger partial charge in [-0.15, -0.1) is 0 Å². The van der Waals surface area contributed by atoms with E-state index in [0.717, 1.165) is 43.0 Å². The van der Waals surface area contributed by atoms with Gasteiger partial charge in [0.1, 0.15) is 10.9 Å². The van der Waals surface area contributed by atoms with Crippen LogP contribution in [0.25, 0.3) is 0 Å². The van der Waals surface area contributed by atoms with Crippen molar-refractivity contribution in [2.75, 3.05) is 5.75 Å². The van der Waals surface area contributed by atoms with Gasteiger partial charge in [-0.3, -0.25) is 4.79 Å². The molecular formula is C16H23N3OS. The third-order valence-corrected chi connectivity index (χ3v) is 5.33. The summed E-state index contributed by atoms with van der Waals surface area (Å²) >= 11 is 1.57. The number of rotatable bonds is 4. The second-order valence-corrected chi connectivity index (χ2v) is 7.01. The summed E-state index contributed by atoms with van der Waals surface area (Å²) in [6.07, 6.45) is 9.36. The van der Waals surface area contributed by atoms with Crippen molar-refractivity contribution in [2.24, 2.45) is 0 Å². The molecule has 1 heterocycles. The van der Waals surface area contributed by atoms with E-state index in [9.17, 15) is 4.79 Å². The number of thioether (sulfide) groups is 1. The van der Waals surface area contributed by atoms with Crippen molar-refractivity contribution in [2.45, 2.75) is 69.4 Å². The molecule has 3 rings (SSSR count). The topological polar surface area (TPSA) is 54.9 Å². The number of carbonyl (C=O) groups is 1. The van der Waals surface area contributed by atoms with Crippen LogP contribution in [0.2, 0.25) is 0 Å². The highest BCUT2D eigenvalue weighted by Crippen LogP contribution is 2.29. The molecule has 2 aliphatic rings. The maximum Gasteiger partial charge on any atom is 0.230 e. The van der Waals surface area contributed by atoms with E-state index in [-0.39, 0.29) is 5.91 Å². The van der Waals surface area contributed by atoms with Gasteiger partial charge in [0.25, 0.3) is 0 Å². The van der Waals surface area contributed by atoms with Gasteiger partial charge < -0.3 is 5.32 Å². The fourth-order valence-electron chi connectivity index (χ4n) is 3.29. The van der Waals surface area contributed by atoms with Crippen molar-refractivity contribution in [1.82, 2.24) is 15.3 Å². The summed E-state index contributed by atoms with van der Waals surface area (Å²) in [7, 11) is 0. The molecular weight excluding hydrogens is 282 g/mol. The summed E-state index contributed by atoms with van der Waals surface area (Å²) in [6, 6.07) is 0.393. The maximum atomic E-state index is 12.1. The Bertz CT molecular complexity index is 526. The van der Waals surface area contributed by atoms with Crippen LogP contribution < -0.4 is 5.32 Å². The molecule has 0 aromatic carbocycles. The molecule has 0 aliphatic heterocycles. The SMILES string of the molecule is Cc1nc2c(c(SCC(=O)NC3CCCCC3)n1)CCC2. The predicted molar refractivity (Wildman–Crippen MR) is 84.5 cm³/mol. The van der Waals surface area contributed by atoms with Crippen LogP contribution >= 0.6 is 11.8 Å². The van der Waals surface area contributed by atoms with Crippen molar-refractivity contribution >= 4 is 17.7 Å². The molecule has 4 nitrogen and oxygen atoms in total. The summed E-state index contributed by atoms with van der Waals surface area (Å²) < 4.78 is 0. The molecule has 1 aromatic rings. The van der Waals surface area contributed by atoms with E-state index in [0.29, 0.717) is 11.8 Å². The second-order valence-electron chi connectivity index (χ2n) is 6.05. The third kappa shape index (κ3) is 3.76. The lowest BCUT2D eigenvalue weighted by Crippen LogP contribution is -2.37. The quantitative estimate of drug-likeness (QED) is 0.686. The van der Waals surface area contributed by atoms with Gasteiger partial charge in [-0.05, 0) is 39.0 Å². The minimum Gasteiger partial charge on any atom is -0.353 e. The van der Waals surface area contributed by atoms with Crippen molar-refractivity contribution in [3.05, 3.63) is 17.1 Å². The number of nitrogens with one attached hydrogen (secondary N) is 1. The fourth-order valence-corrected chi connectivity index (χ4v) is 4.23. The summed E-state index contributed by atoms with van der Waals surface area (Å²) in [4.78, 5) is 21.1. The van der Waals surface area contributed by atoms with Crippen LogP contribution in [0.5, 0.6) is 0 Å². The Morgan fingerprint density at radius 3 is 2.81 bits per heavy atom. The first-order valence-corrected chi connectivity index (χ1v) is 8.99. The number of aromatic nitrogens is 2. The zero-order chi connectivity index (χ0) is 14.7. The number of fused-ring (bicyclic) bond motifs is 1. The normalized spacial score (nSPS) is 18.5. The monoisotopic (exact) mass is 305 g/mol. The molecule has 1 fully saturated rings. The van der Waals surface area contributed by atoms with E-state index in [1.54, 1.807) is 11.8 Å². The smallest absolute Gasteiger partial charge is 0.230 e. The van der Waals surface area contributed by atoms with E-state index in [1.165, 1.54) is 30.5 Å². The molecule has 1 aromatic heterocycles. The van der Waals surface area contributed by atoms with Gasteiger partial charge in [0.05, 0.1) is 5.75 Å². The number of carbonyl (C=O) groups excluding carboxylic acids is 1. The van der Waals surface area contributed by atoms with Gasteiger partial charge in [-0.2, -0.15) is 0 Å². The predicted octanol–water partition coefficient (Wildman–Crippen LogP) is 2.81. The summed E-state index contributed by atoms with van der Waals surface area (Å²) in [6.45, 7) is 1.94. The minimum atomic E-state index is 0.148. The Balaban J connectivity index is 1.56. The van der Waals surface area contributed by atoms with Crippen molar-refractivity contribution in [3.8, 4) is 0 Å². The van der Waals surface area contributed by atoms with E-state index in [4.69, 9.17) is 0 Å². The number of aryl methyl sites for hydroxylation is 2. The molecule has 1 N–H and O–H groups in total. The van der Waals surface area contributed by atoms with E-state index >= 15 is 0 Å². The number of hydrogen-bond donors (Lipinski definition) is 1. The molecule has 1 saturated carbocycles. The lowest BCUT2D eigenvalue weighted by Gasteiger charge is -2.22. The van der Waals surface area contributed by atoms with E-state index < -0.39 is 0 Å². The van der Waals surface area contributed by atoms with Gasteiger partial charge in [0.15, 0.2) is 0 Å². The highest BCUT2D eigenvalue weighted by atomic mass is 32.2. The molecule has 0 unspecified atom stereocenters. The molecule has 5 heteroatoms. The first-order chi connectivity index (χ1) is 10.2. The van der Waals surface area contributed by atoms with Gasteiger partial charge >= 0.3 is 0 Å². The number of nitrogens with zero attached hydrogens (tertiary/aromatic N) is 2. The van der Waals surface area contributed by atoms with Crippen LogP contribution in [0.3, 0.4) is 0 Å². The molecule has 114 valence electrons. The molecule has 0 saturated heterocycles. The Hall–Kier alpha value is -1.10. The largest absolute Gasteiger partial charge is 0.353 e. The standard InChI is InChI=1S/C16H23N3OS/c1-11-17-14-9-5-8-13(14)16(18-11)21-10-15(20)19-12-6-3-2-4-7-12/h12H,2-10H2,1H3,(H,19,20). The minimum absolute atomic E-state index is 0.148. The first-order valence-electron chi connectivity index (χ1n) is 8.01. The molecule has 2 aliphatic carbocycles. The first kappa shape index (κ1) is 14.8. The van der Waals surface area contributed by atoms with Crippen LogP contribution in [-0.2, 0) is 17.6 Å². The van der Waals surface area contributed by atoms with Crippen molar-refractivity contribution < 1.29 is 4.79 Å². The fraction of sp³-hybridized carbons (Fsp3) is 0.688. The number of amides is 1. The summed E-state index contributed by atoms with van der Waals surface area (Å²) in [5.74, 6) is 1.44. The van der Waals surface area contributed by atoms with E-state index in [1.807, 2.05) is 6.92 Å². The Morgan fingerprint density at radius 1 is 1.19 bits per heavy atom. The zero-order valence-corrected chi connectivity index (χ0v) is 13.5. The molecule has 0 bridgehead atoms. The Kier molecular flexibility index (Phi) is 4.78.